The van der Waals surface area contributed by atoms with Gasteiger partial charge < -0.3 is 10.1 Å². The van der Waals surface area contributed by atoms with Crippen LogP contribution in [0.15, 0.2) is 28.7 Å². The lowest BCUT2D eigenvalue weighted by atomic mass is 10.2. The van der Waals surface area contributed by atoms with Crippen LogP contribution in [0.3, 0.4) is 0 Å². The molecule has 0 aliphatic carbocycles. The van der Waals surface area contributed by atoms with E-state index >= 15 is 0 Å². The maximum absolute atomic E-state index is 10.6. The molecule has 1 aromatic carbocycles. The average Bonchev–Trinajstić information content (AvgIpc) is 2.01. The van der Waals surface area contributed by atoms with Crippen LogP contribution in [-0.4, -0.2) is 12.1 Å². The SMILES string of the molecule is O=C1C[C@H](Oc2cccc(Br)c2)N1. The van der Waals surface area contributed by atoms with Gasteiger partial charge in [-0.2, -0.15) is 0 Å². The van der Waals surface area contributed by atoms with E-state index in [1.165, 1.54) is 0 Å². The Bertz CT molecular complexity index is 332. The molecule has 0 radical (unpaired) electrons. The van der Waals surface area contributed by atoms with Crippen molar-refractivity contribution < 1.29 is 9.53 Å². The van der Waals surface area contributed by atoms with Crippen LogP contribution in [0.2, 0.25) is 0 Å². The molecule has 68 valence electrons. The van der Waals surface area contributed by atoms with Gasteiger partial charge in [0.05, 0.1) is 6.42 Å². The maximum Gasteiger partial charge on any atom is 0.228 e. The quantitative estimate of drug-likeness (QED) is 0.801. The molecule has 2 rings (SSSR count). The van der Waals surface area contributed by atoms with Crippen molar-refractivity contribution in [3.63, 3.8) is 0 Å². The predicted octanol–water partition coefficient (Wildman–Crippen LogP) is 1.67. The number of ether oxygens (including phenoxy) is 1. The molecule has 1 aliphatic heterocycles. The van der Waals surface area contributed by atoms with Crippen molar-refractivity contribution >= 4 is 21.8 Å². The number of benzene rings is 1. The zero-order valence-corrected chi connectivity index (χ0v) is 8.37. The fourth-order valence-electron chi connectivity index (χ4n) is 1.10. The molecule has 1 aliphatic rings. The highest BCUT2D eigenvalue weighted by atomic mass is 79.9. The van der Waals surface area contributed by atoms with Gasteiger partial charge in [0, 0.05) is 4.47 Å². The molecule has 1 amide bonds. The first kappa shape index (κ1) is 8.56. The van der Waals surface area contributed by atoms with E-state index < -0.39 is 0 Å². The van der Waals surface area contributed by atoms with Gasteiger partial charge in [0.25, 0.3) is 0 Å². The van der Waals surface area contributed by atoms with Gasteiger partial charge in [-0.15, -0.1) is 0 Å². The monoisotopic (exact) mass is 241 g/mol. The van der Waals surface area contributed by atoms with E-state index in [4.69, 9.17) is 4.74 Å². The normalized spacial score (nSPS) is 20.4. The number of carbonyl (C=O) groups excluding carboxylic acids is 1. The summed E-state index contributed by atoms with van der Waals surface area (Å²) in [6.07, 6.45) is 0.300. The number of hydrogen-bond donors (Lipinski definition) is 1. The number of nitrogens with one attached hydrogen (secondary N) is 1. The first-order valence-electron chi connectivity index (χ1n) is 3.95. The van der Waals surface area contributed by atoms with Gasteiger partial charge in [-0.05, 0) is 18.2 Å². The van der Waals surface area contributed by atoms with Gasteiger partial charge in [0.2, 0.25) is 5.91 Å². The first-order chi connectivity index (χ1) is 6.24. The summed E-state index contributed by atoms with van der Waals surface area (Å²) in [5.74, 6) is 0.805. The summed E-state index contributed by atoms with van der Waals surface area (Å²) >= 11 is 3.34. The summed E-state index contributed by atoms with van der Waals surface area (Å²) in [6.45, 7) is 0. The van der Waals surface area contributed by atoms with Gasteiger partial charge in [-0.3, -0.25) is 4.79 Å². The van der Waals surface area contributed by atoms with E-state index in [-0.39, 0.29) is 12.1 Å². The van der Waals surface area contributed by atoms with Crippen LogP contribution in [0.25, 0.3) is 0 Å². The van der Waals surface area contributed by atoms with Gasteiger partial charge in [-0.1, -0.05) is 22.0 Å². The summed E-state index contributed by atoms with van der Waals surface area (Å²) in [7, 11) is 0. The minimum atomic E-state index is -0.151. The smallest absolute Gasteiger partial charge is 0.228 e. The van der Waals surface area contributed by atoms with Crippen molar-refractivity contribution in [2.24, 2.45) is 0 Å². The van der Waals surface area contributed by atoms with Crippen molar-refractivity contribution in [3.8, 4) is 5.75 Å². The van der Waals surface area contributed by atoms with Crippen LogP contribution in [0.5, 0.6) is 5.75 Å². The van der Waals surface area contributed by atoms with Crippen molar-refractivity contribution in [2.75, 3.05) is 0 Å². The molecule has 13 heavy (non-hydrogen) atoms. The molecule has 0 unspecified atom stereocenters. The molecule has 0 saturated carbocycles. The number of hydrogen-bond acceptors (Lipinski definition) is 2. The largest absolute Gasteiger partial charge is 0.470 e. The predicted molar refractivity (Wildman–Crippen MR) is 51.3 cm³/mol. The zero-order chi connectivity index (χ0) is 9.26. The van der Waals surface area contributed by atoms with Crippen LogP contribution in [0.4, 0.5) is 0 Å². The lowest BCUT2D eigenvalue weighted by Gasteiger charge is -2.27. The molecule has 1 heterocycles. The Balaban J connectivity index is 1.98. The second-order valence-corrected chi connectivity index (χ2v) is 3.75. The van der Waals surface area contributed by atoms with Crippen molar-refractivity contribution in [1.82, 2.24) is 5.32 Å². The summed E-state index contributed by atoms with van der Waals surface area (Å²) < 4.78 is 6.41. The Morgan fingerprint density at radius 2 is 2.31 bits per heavy atom. The van der Waals surface area contributed by atoms with Crippen molar-refractivity contribution in [1.29, 1.82) is 0 Å². The number of amides is 1. The Hall–Kier alpha value is -1.03. The van der Waals surface area contributed by atoms with Gasteiger partial charge in [-0.25, -0.2) is 0 Å². The third kappa shape index (κ3) is 2.01. The molecule has 0 bridgehead atoms. The Kier molecular flexibility index (Phi) is 2.22. The first-order valence-corrected chi connectivity index (χ1v) is 4.75. The highest BCUT2D eigenvalue weighted by Crippen LogP contribution is 2.20. The maximum atomic E-state index is 10.6. The van der Waals surface area contributed by atoms with Gasteiger partial charge >= 0.3 is 0 Å². The Morgan fingerprint density at radius 1 is 1.54 bits per heavy atom. The topological polar surface area (TPSA) is 38.3 Å². The minimum absolute atomic E-state index is 0.0417. The molecule has 0 spiro atoms. The zero-order valence-electron chi connectivity index (χ0n) is 6.79. The summed E-state index contributed by atoms with van der Waals surface area (Å²) in [4.78, 5) is 10.6. The van der Waals surface area contributed by atoms with E-state index in [2.05, 4.69) is 21.2 Å². The lowest BCUT2D eigenvalue weighted by molar-refractivity contribution is -0.134. The Morgan fingerprint density at radius 3 is 2.92 bits per heavy atom. The summed E-state index contributed by atoms with van der Waals surface area (Å²) in [6, 6.07) is 7.53. The van der Waals surface area contributed by atoms with E-state index in [1.807, 2.05) is 24.3 Å². The molecule has 4 heteroatoms. The molecular weight excluding hydrogens is 234 g/mol. The molecule has 1 fully saturated rings. The highest BCUT2D eigenvalue weighted by Gasteiger charge is 2.26. The fourth-order valence-corrected chi connectivity index (χ4v) is 1.48. The highest BCUT2D eigenvalue weighted by molar-refractivity contribution is 9.10. The fraction of sp³-hybridized carbons (Fsp3) is 0.222. The van der Waals surface area contributed by atoms with Crippen LogP contribution < -0.4 is 10.1 Å². The minimum Gasteiger partial charge on any atom is -0.470 e. The van der Waals surface area contributed by atoms with Gasteiger partial charge in [0.15, 0.2) is 6.23 Å². The number of rotatable bonds is 2. The van der Waals surface area contributed by atoms with Crippen LogP contribution in [0.1, 0.15) is 6.42 Å². The summed E-state index contributed by atoms with van der Waals surface area (Å²) in [5, 5.41) is 2.63. The van der Waals surface area contributed by atoms with E-state index in [1.54, 1.807) is 0 Å². The van der Waals surface area contributed by atoms with E-state index in [9.17, 15) is 4.79 Å². The second-order valence-electron chi connectivity index (χ2n) is 2.84. The van der Waals surface area contributed by atoms with Crippen LogP contribution >= 0.6 is 15.9 Å². The van der Waals surface area contributed by atoms with Crippen molar-refractivity contribution in [2.45, 2.75) is 12.6 Å². The van der Waals surface area contributed by atoms with E-state index in [0.717, 1.165) is 10.2 Å². The third-order valence-corrected chi connectivity index (χ3v) is 2.26. The van der Waals surface area contributed by atoms with E-state index in [0.29, 0.717) is 6.42 Å². The number of halogens is 1. The second kappa shape index (κ2) is 3.38. The molecule has 3 nitrogen and oxygen atoms in total. The van der Waals surface area contributed by atoms with Crippen LogP contribution in [-0.2, 0) is 4.79 Å². The number of carbonyl (C=O) groups is 1. The average molecular weight is 242 g/mol. The number of β-lactam (4-membered cyclic amide) rings is 1. The molecule has 1 saturated heterocycles. The molecule has 0 aromatic heterocycles. The third-order valence-electron chi connectivity index (χ3n) is 1.77. The molecular formula is C9H8BrNO2. The molecule has 1 atom stereocenters. The van der Waals surface area contributed by atoms with Crippen molar-refractivity contribution in [3.05, 3.63) is 28.7 Å². The van der Waals surface area contributed by atoms with Crippen LogP contribution in [0, 0.1) is 0 Å². The molecule has 1 N–H and O–H groups in total. The molecule has 1 aromatic rings. The standard InChI is InChI=1S/C9H8BrNO2/c10-6-2-1-3-7(4-6)13-9-5-8(12)11-9/h1-4,9H,5H2,(H,11,12)/t9-/m0/s1. The lowest BCUT2D eigenvalue weighted by Crippen LogP contribution is -2.51. The van der Waals surface area contributed by atoms with Gasteiger partial charge in [0.1, 0.15) is 5.75 Å². The Labute approximate surface area is 84.2 Å². The summed E-state index contributed by atoms with van der Waals surface area (Å²) in [5.41, 5.74) is 0.